The number of anilines is 2. The van der Waals surface area contributed by atoms with Gasteiger partial charge in [-0.1, -0.05) is 24.0 Å². The van der Waals surface area contributed by atoms with E-state index < -0.39 is 35.5 Å². The van der Waals surface area contributed by atoms with Crippen molar-refractivity contribution in [2.75, 3.05) is 36.8 Å². The number of carbonyl (C=O) groups excluding carboxylic acids is 4. The van der Waals surface area contributed by atoms with Crippen LogP contribution in [0.3, 0.4) is 0 Å². The van der Waals surface area contributed by atoms with E-state index in [1.165, 1.54) is 6.07 Å². The van der Waals surface area contributed by atoms with Crippen LogP contribution in [0.2, 0.25) is 0 Å². The number of hydrogen-bond acceptors (Lipinski definition) is 10. The van der Waals surface area contributed by atoms with Crippen LogP contribution < -0.4 is 16.0 Å². The Morgan fingerprint density at radius 2 is 1.61 bits per heavy atom. The Morgan fingerprint density at radius 3 is 2.31 bits per heavy atom. The van der Waals surface area contributed by atoms with Crippen LogP contribution >= 0.6 is 0 Å². The van der Waals surface area contributed by atoms with E-state index in [4.69, 9.17) is 5.73 Å². The molecule has 2 saturated carbocycles. The van der Waals surface area contributed by atoms with E-state index in [-0.39, 0.29) is 41.2 Å². The Kier molecular flexibility index (Phi) is 8.21. The number of aromatic nitrogens is 2. The summed E-state index contributed by atoms with van der Waals surface area (Å²) < 4.78 is 15.4. The van der Waals surface area contributed by atoms with E-state index in [0.717, 1.165) is 62.6 Å². The van der Waals surface area contributed by atoms with Crippen molar-refractivity contribution in [2.24, 2.45) is 11.3 Å². The Balaban J connectivity index is 0.845. The zero-order chi connectivity index (χ0) is 35.4. The number of para-hydroxylation sites is 1. The molecule has 0 radical (unpaired) electrons. The molecule has 0 bridgehead atoms. The number of imide groups is 2. The van der Waals surface area contributed by atoms with E-state index in [9.17, 15) is 24.3 Å². The molecule has 12 nitrogen and oxygen atoms in total. The number of halogens is 1. The number of aromatic hydroxyl groups is 1. The SMILES string of the molecule is Nc1nnc(-c2ccccc2O)cc1C#CC1CC2(CCC(N3CCN(c4cc5c(cc4F)C(=O)N(C4CCC(=O)NC4=O)C5=O)CC3)CC2)C1. The minimum atomic E-state index is -1.09. The quantitative estimate of drug-likeness (QED) is 0.273. The number of nitrogens with one attached hydrogen (secondary N) is 1. The van der Waals surface area contributed by atoms with Gasteiger partial charge < -0.3 is 15.7 Å². The van der Waals surface area contributed by atoms with Crippen LogP contribution in [0, 0.1) is 29.0 Å². The molecule has 1 spiro atoms. The molecule has 1 aromatic heterocycles. The number of amides is 4. The molecular formula is C38H38FN7O5. The first kappa shape index (κ1) is 32.8. The lowest BCUT2D eigenvalue weighted by Gasteiger charge is -2.52. The van der Waals surface area contributed by atoms with Crippen molar-refractivity contribution in [3.63, 3.8) is 0 Å². The van der Waals surface area contributed by atoms with Crippen LogP contribution in [-0.2, 0) is 9.59 Å². The van der Waals surface area contributed by atoms with Crippen molar-refractivity contribution in [3.05, 3.63) is 65.0 Å². The van der Waals surface area contributed by atoms with Gasteiger partial charge in [-0.15, -0.1) is 10.2 Å². The molecule has 1 unspecified atom stereocenters. The van der Waals surface area contributed by atoms with E-state index in [0.29, 0.717) is 47.3 Å². The van der Waals surface area contributed by atoms with Crippen molar-refractivity contribution in [1.82, 2.24) is 25.3 Å². The fourth-order valence-electron chi connectivity index (χ4n) is 8.63. The Bertz CT molecular complexity index is 2020. The molecule has 4 amide bonds. The standard InChI is InChI=1S/C38H38FN7O5/c39-28-18-26-27(37(51)46(36(26)50)30-7-8-33(48)41-35(30)49)19-31(28)45-15-13-44(14-16-45)24-9-11-38(12-10-24)20-22(21-38)5-6-23-17-29(42-43-34(23)40)25-3-1-2-4-32(25)47/h1-4,17-19,22,24,30,47H,7-16,20-21H2,(H2,40,43)(H,41,48,49). The number of benzene rings is 2. The van der Waals surface area contributed by atoms with Gasteiger partial charge in [0.1, 0.15) is 17.6 Å². The monoisotopic (exact) mass is 691 g/mol. The third-order valence-electron chi connectivity index (χ3n) is 11.5. The first-order valence-electron chi connectivity index (χ1n) is 17.6. The summed E-state index contributed by atoms with van der Waals surface area (Å²) >= 11 is 0. The summed E-state index contributed by atoms with van der Waals surface area (Å²) in [5, 5.41) is 20.6. The summed E-state index contributed by atoms with van der Waals surface area (Å²) in [7, 11) is 0. The zero-order valence-electron chi connectivity index (χ0n) is 28.0. The molecule has 3 aliphatic heterocycles. The molecule has 4 heterocycles. The maximum absolute atomic E-state index is 15.4. The maximum Gasteiger partial charge on any atom is 0.262 e. The second-order valence-corrected chi connectivity index (χ2v) is 14.5. The highest BCUT2D eigenvalue weighted by Gasteiger charge is 2.47. The average Bonchev–Trinajstić information content (AvgIpc) is 3.35. The van der Waals surface area contributed by atoms with Crippen molar-refractivity contribution >= 4 is 35.1 Å². The summed E-state index contributed by atoms with van der Waals surface area (Å²) in [5.41, 5.74) is 8.43. The van der Waals surface area contributed by atoms with Crippen molar-refractivity contribution in [2.45, 2.75) is 63.5 Å². The van der Waals surface area contributed by atoms with Gasteiger partial charge in [0.2, 0.25) is 11.8 Å². The molecule has 2 aliphatic carbocycles. The number of piperidine rings is 1. The van der Waals surface area contributed by atoms with E-state index in [1.54, 1.807) is 24.3 Å². The molecule has 13 heteroatoms. The van der Waals surface area contributed by atoms with Crippen molar-refractivity contribution < 1.29 is 28.7 Å². The fraction of sp³-hybridized carbons (Fsp3) is 0.421. The lowest BCUT2D eigenvalue weighted by atomic mass is 9.55. The molecule has 2 saturated heterocycles. The normalized spacial score (nSPS) is 26.4. The number of piperazine rings is 1. The Labute approximate surface area is 294 Å². The lowest BCUT2D eigenvalue weighted by molar-refractivity contribution is -0.136. The second kappa shape index (κ2) is 12.8. The smallest absolute Gasteiger partial charge is 0.262 e. The van der Waals surface area contributed by atoms with Crippen molar-refractivity contribution in [3.8, 4) is 28.8 Å². The molecule has 3 aromatic rings. The van der Waals surface area contributed by atoms with Crippen LogP contribution in [0.25, 0.3) is 11.3 Å². The molecular weight excluding hydrogens is 653 g/mol. The number of phenols is 1. The van der Waals surface area contributed by atoms with Crippen LogP contribution in [0.15, 0.2) is 42.5 Å². The third-order valence-corrected chi connectivity index (χ3v) is 11.5. The second-order valence-electron chi connectivity index (χ2n) is 14.5. The number of fused-ring (bicyclic) bond motifs is 1. The molecule has 5 aliphatic rings. The summed E-state index contributed by atoms with van der Waals surface area (Å²) in [6, 6.07) is 10.7. The summed E-state index contributed by atoms with van der Waals surface area (Å²) in [6.45, 7) is 2.71. The number of phenolic OH excluding ortho intramolecular Hbond substituents is 1. The van der Waals surface area contributed by atoms with Gasteiger partial charge in [-0.3, -0.25) is 34.3 Å². The largest absolute Gasteiger partial charge is 0.507 e. The zero-order valence-corrected chi connectivity index (χ0v) is 28.0. The molecule has 4 N–H and O–H groups in total. The molecule has 2 aromatic carbocycles. The number of hydrogen-bond donors (Lipinski definition) is 3. The van der Waals surface area contributed by atoms with E-state index in [1.807, 2.05) is 11.0 Å². The number of nitrogens with zero attached hydrogens (tertiary/aromatic N) is 5. The number of nitrogens with two attached hydrogens (primary N) is 1. The van der Waals surface area contributed by atoms with Gasteiger partial charge >= 0.3 is 0 Å². The predicted molar refractivity (Wildman–Crippen MR) is 185 cm³/mol. The fourth-order valence-corrected chi connectivity index (χ4v) is 8.63. The van der Waals surface area contributed by atoms with E-state index >= 15 is 4.39 Å². The highest BCUT2D eigenvalue weighted by Crippen LogP contribution is 2.55. The predicted octanol–water partition coefficient (Wildman–Crippen LogP) is 3.48. The minimum Gasteiger partial charge on any atom is -0.507 e. The van der Waals surface area contributed by atoms with Gasteiger partial charge in [0.05, 0.1) is 28.1 Å². The minimum absolute atomic E-state index is 0.0241. The Hall–Kier alpha value is -5.35. The Morgan fingerprint density at radius 1 is 0.902 bits per heavy atom. The average molecular weight is 692 g/mol. The maximum atomic E-state index is 15.4. The van der Waals surface area contributed by atoms with Crippen LogP contribution in [0.5, 0.6) is 5.75 Å². The first-order chi connectivity index (χ1) is 24.6. The molecule has 1 atom stereocenters. The summed E-state index contributed by atoms with van der Waals surface area (Å²) in [6.07, 6.45) is 6.69. The van der Waals surface area contributed by atoms with Gasteiger partial charge in [-0.05, 0) is 80.7 Å². The van der Waals surface area contributed by atoms with E-state index in [2.05, 4.69) is 32.3 Å². The van der Waals surface area contributed by atoms with Crippen LogP contribution in [0.1, 0.15) is 77.6 Å². The first-order valence-corrected chi connectivity index (χ1v) is 17.6. The van der Waals surface area contributed by atoms with Gasteiger partial charge in [0.25, 0.3) is 11.8 Å². The van der Waals surface area contributed by atoms with Gasteiger partial charge in [-0.2, -0.15) is 0 Å². The summed E-state index contributed by atoms with van der Waals surface area (Å²) in [4.78, 5) is 55.6. The van der Waals surface area contributed by atoms with Gasteiger partial charge in [-0.25, -0.2) is 4.39 Å². The summed E-state index contributed by atoms with van der Waals surface area (Å²) in [5.74, 6) is 4.26. The molecule has 51 heavy (non-hydrogen) atoms. The highest BCUT2D eigenvalue weighted by molar-refractivity contribution is 6.23. The van der Waals surface area contributed by atoms with Crippen molar-refractivity contribution in [1.29, 1.82) is 0 Å². The number of carbonyl (C=O) groups is 4. The van der Waals surface area contributed by atoms with Gasteiger partial charge in [0.15, 0.2) is 5.82 Å². The van der Waals surface area contributed by atoms with Crippen LogP contribution in [0.4, 0.5) is 15.9 Å². The highest BCUT2D eigenvalue weighted by atomic mass is 19.1. The molecule has 4 fully saturated rings. The molecule has 8 rings (SSSR count). The topological polar surface area (TPSA) is 162 Å². The number of rotatable bonds is 4. The van der Waals surface area contributed by atoms with Crippen LogP contribution in [-0.4, -0.2) is 87.0 Å². The third kappa shape index (κ3) is 5.97. The number of nitrogen functional groups attached to an aromatic ring is 1. The van der Waals surface area contributed by atoms with Gasteiger partial charge in [0, 0.05) is 50.1 Å². The molecule has 262 valence electrons. The lowest BCUT2D eigenvalue weighted by Crippen LogP contribution is -2.54.